The second kappa shape index (κ2) is 13.1. The molecule has 1 heterocycles. The van der Waals surface area contributed by atoms with Crippen LogP contribution in [-0.4, -0.2) is 74.0 Å². The first-order valence-electron chi connectivity index (χ1n) is 10.9. The minimum absolute atomic E-state index is 0. The van der Waals surface area contributed by atoms with E-state index in [0.717, 1.165) is 64.7 Å². The molecule has 0 aromatic heterocycles. The first-order chi connectivity index (χ1) is 13.8. The van der Waals surface area contributed by atoms with E-state index < -0.39 is 0 Å². The van der Waals surface area contributed by atoms with Crippen LogP contribution in [0.1, 0.15) is 45.7 Å². The molecule has 0 radical (unpaired) electrons. The van der Waals surface area contributed by atoms with Gasteiger partial charge in [-0.05, 0) is 29.9 Å². The number of carbonyl (C=O) groups is 1. The molecule has 2 rings (SSSR count). The Balaban J connectivity index is 0.00000450. The molecule has 1 amide bonds. The van der Waals surface area contributed by atoms with Crippen LogP contribution in [0.25, 0.3) is 0 Å². The fourth-order valence-electron chi connectivity index (χ4n) is 3.43. The van der Waals surface area contributed by atoms with Crippen molar-refractivity contribution in [1.82, 2.24) is 20.4 Å². The van der Waals surface area contributed by atoms with Crippen molar-refractivity contribution in [3.63, 3.8) is 0 Å². The summed E-state index contributed by atoms with van der Waals surface area (Å²) < 4.78 is 0. The summed E-state index contributed by atoms with van der Waals surface area (Å²) in [5.41, 5.74) is 2.90. The number of hydrogen-bond donors (Lipinski definition) is 2. The summed E-state index contributed by atoms with van der Waals surface area (Å²) >= 11 is 0. The Bertz CT molecular complexity index is 661. The van der Waals surface area contributed by atoms with E-state index in [4.69, 9.17) is 4.99 Å². The second-order valence-corrected chi connectivity index (χ2v) is 8.73. The molecule has 0 atom stereocenters. The Hall–Kier alpha value is -1.35. The van der Waals surface area contributed by atoms with E-state index in [1.165, 1.54) is 11.1 Å². The normalized spacial score (nSPS) is 15.5. The van der Waals surface area contributed by atoms with Crippen LogP contribution in [0.15, 0.2) is 29.3 Å². The summed E-state index contributed by atoms with van der Waals surface area (Å²) in [5.74, 6) is 1.05. The Morgan fingerprint density at radius 3 is 2.23 bits per heavy atom. The van der Waals surface area contributed by atoms with Crippen molar-refractivity contribution in [2.75, 3.05) is 52.4 Å². The lowest BCUT2D eigenvalue weighted by atomic mass is 9.86. The van der Waals surface area contributed by atoms with E-state index >= 15 is 0 Å². The third-order valence-corrected chi connectivity index (χ3v) is 5.37. The summed E-state index contributed by atoms with van der Waals surface area (Å²) in [6.07, 6.45) is 0.974. The summed E-state index contributed by atoms with van der Waals surface area (Å²) in [4.78, 5) is 20.4. The van der Waals surface area contributed by atoms with Crippen molar-refractivity contribution < 1.29 is 4.79 Å². The lowest BCUT2D eigenvalue weighted by Crippen LogP contribution is -2.48. The minimum Gasteiger partial charge on any atom is -0.357 e. The van der Waals surface area contributed by atoms with Crippen molar-refractivity contribution in [3.05, 3.63) is 35.4 Å². The van der Waals surface area contributed by atoms with Crippen molar-refractivity contribution in [1.29, 1.82) is 0 Å². The molecule has 0 saturated carbocycles. The number of nitrogens with one attached hydrogen (secondary N) is 2. The topological polar surface area (TPSA) is 60.0 Å². The monoisotopic (exact) mass is 529 g/mol. The van der Waals surface area contributed by atoms with E-state index in [9.17, 15) is 4.79 Å². The maximum absolute atomic E-state index is 11.4. The van der Waals surface area contributed by atoms with Gasteiger partial charge in [-0.1, -0.05) is 45.0 Å². The molecule has 7 heteroatoms. The molecular weight excluding hydrogens is 489 g/mol. The fraction of sp³-hybridized carbons (Fsp3) is 0.652. The predicted octanol–water partition coefficient (Wildman–Crippen LogP) is 2.86. The number of benzene rings is 1. The van der Waals surface area contributed by atoms with Crippen molar-refractivity contribution >= 4 is 35.8 Å². The van der Waals surface area contributed by atoms with Gasteiger partial charge in [-0.3, -0.25) is 14.7 Å². The number of aliphatic imine (C=N–C) groups is 1. The number of hydrogen-bond acceptors (Lipinski definition) is 3. The minimum atomic E-state index is 0. The van der Waals surface area contributed by atoms with Crippen LogP contribution in [0.3, 0.4) is 0 Å². The maximum Gasteiger partial charge on any atom is 0.219 e. The quantitative estimate of drug-likeness (QED) is 0.324. The standard InChI is InChI=1S/C23H39N5O.HI/c1-6-24-22(26-13-14-27-15-17-28(18-16-27)19(2)29)25-12-11-20-7-9-21(10-8-20)23(3,4)5;/h7-10H,6,11-18H2,1-5H3,(H2,24,25,26);1H. The molecule has 170 valence electrons. The zero-order valence-corrected chi connectivity index (χ0v) is 21.7. The molecule has 0 aliphatic carbocycles. The average Bonchev–Trinajstić information content (AvgIpc) is 2.68. The number of nitrogens with zero attached hydrogens (tertiary/aromatic N) is 3. The average molecular weight is 530 g/mol. The Kier molecular flexibility index (Phi) is 11.7. The van der Waals surface area contributed by atoms with Gasteiger partial charge in [0.15, 0.2) is 5.96 Å². The zero-order valence-electron chi connectivity index (χ0n) is 19.3. The van der Waals surface area contributed by atoms with Crippen molar-refractivity contribution in [2.24, 2.45) is 4.99 Å². The molecule has 0 bridgehead atoms. The van der Waals surface area contributed by atoms with E-state index in [0.29, 0.717) is 0 Å². The van der Waals surface area contributed by atoms with Gasteiger partial charge in [0.1, 0.15) is 0 Å². The second-order valence-electron chi connectivity index (χ2n) is 8.73. The van der Waals surface area contributed by atoms with Crippen LogP contribution in [-0.2, 0) is 16.6 Å². The number of piperazine rings is 1. The van der Waals surface area contributed by atoms with Gasteiger partial charge in [-0.15, -0.1) is 24.0 Å². The number of carbonyl (C=O) groups excluding carboxylic acids is 1. The highest BCUT2D eigenvalue weighted by Gasteiger charge is 2.17. The van der Waals surface area contributed by atoms with Crippen molar-refractivity contribution in [2.45, 2.75) is 46.5 Å². The molecule has 1 fully saturated rings. The molecule has 0 unspecified atom stereocenters. The van der Waals surface area contributed by atoms with Crippen molar-refractivity contribution in [3.8, 4) is 0 Å². The SMILES string of the molecule is CCNC(=NCCN1CCN(C(C)=O)CC1)NCCc1ccc(C(C)(C)C)cc1.I. The molecule has 0 spiro atoms. The van der Waals surface area contributed by atoms with E-state index in [1.807, 2.05) is 4.90 Å². The highest BCUT2D eigenvalue weighted by Crippen LogP contribution is 2.22. The van der Waals surface area contributed by atoms with Crippen LogP contribution in [0.2, 0.25) is 0 Å². The zero-order chi connectivity index (χ0) is 21.3. The molecule has 1 aliphatic rings. The fourth-order valence-corrected chi connectivity index (χ4v) is 3.43. The van der Waals surface area contributed by atoms with Crippen LogP contribution >= 0.6 is 24.0 Å². The first-order valence-corrected chi connectivity index (χ1v) is 10.9. The summed E-state index contributed by atoms with van der Waals surface area (Å²) in [6, 6.07) is 8.93. The Morgan fingerprint density at radius 2 is 1.70 bits per heavy atom. The molecule has 30 heavy (non-hydrogen) atoms. The van der Waals surface area contributed by atoms with Gasteiger partial charge in [0.05, 0.1) is 6.54 Å². The highest BCUT2D eigenvalue weighted by atomic mass is 127. The lowest BCUT2D eigenvalue weighted by Gasteiger charge is -2.33. The molecule has 2 N–H and O–H groups in total. The number of halogens is 1. The van der Waals surface area contributed by atoms with Gasteiger partial charge >= 0.3 is 0 Å². The first kappa shape index (κ1) is 26.7. The van der Waals surface area contributed by atoms with Crippen LogP contribution < -0.4 is 10.6 Å². The highest BCUT2D eigenvalue weighted by molar-refractivity contribution is 14.0. The molecular formula is C23H40IN5O. The van der Waals surface area contributed by atoms with Gasteiger partial charge in [0.2, 0.25) is 5.91 Å². The molecule has 1 aliphatic heterocycles. The molecule has 6 nitrogen and oxygen atoms in total. The van der Waals surface area contributed by atoms with Crippen LogP contribution in [0, 0.1) is 0 Å². The molecule has 1 aromatic carbocycles. The smallest absolute Gasteiger partial charge is 0.219 e. The largest absolute Gasteiger partial charge is 0.357 e. The number of amides is 1. The predicted molar refractivity (Wildman–Crippen MR) is 137 cm³/mol. The lowest BCUT2D eigenvalue weighted by molar-refractivity contribution is -0.130. The molecule has 1 saturated heterocycles. The molecule has 1 aromatic rings. The Labute approximate surface area is 199 Å². The van der Waals surface area contributed by atoms with E-state index in [-0.39, 0.29) is 35.3 Å². The van der Waals surface area contributed by atoms with E-state index in [2.05, 4.69) is 67.5 Å². The number of guanidine groups is 1. The summed E-state index contributed by atoms with van der Waals surface area (Å²) in [5, 5.41) is 6.77. The van der Waals surface area contributed by atoms with Gasteiger partial charge in [-0.2, -0.15) is 0 Å². The van der Waals surface area contributed by atoms with Gasteiger partial charge < -0.3 is 15.5 Å². The third kappa shape index (κ3) is 9.20. The maximum atomic E-state index is 11.4. The van der Waals surface area contributed by atoms with Crippen LogP contribution in [0.5, 0.6) is 0 Å². The summed E-state index contributed by atoms with van der Waals surface area (Å²) in [7, 11) is 0. The number of rotatable bonds is 7. The van der Waals surface area contributed by atoms with Gasteiger partial charge in [0.25, 0.3) is 0 Å². The Morgan fingerprint density at radius 1 is 1.07 bits per heavy atom. The summed E-state index contributed by atoms with van der Waals surface area (Å²) in [6.45, 7) is 17.4. The van der Waals surface area contributed by atoms with E-state index in [1.54, 1.807) is 6.92 Å². The van der Waals surface area contributed by atoms with Gasteiger partial charge in [-0.25, -0.2) is 0 Å². The third-order valence-electron chi connectivity index (χ3n) is 5.37. The van der Waals surface area contributed by atoms with Gasteiger partial charge in [0, 0.05) is 52.7 Å². The van der Waals surface area contributed by atoms with Crippen LogP contribution in [0.4, 0.5) is 0 Å².